The van der Waals surface area contributed by atoms with Gasteiger partial charge < -0.3 is 0 Å². The Bertz CT molecular complexity index is 450. The van der Waals surface area contributed by atoms with Crippen molar-refractivity contribution in [2.45, 2.75) is 6.17 Å². The number of rotatable bonds is 3. The van der Waals surface area contributed by atoms with E-state index in [1.165, 1.54) is 17.4 Å². The van der Waals surface area contributed by atoms with E-state index in [9.17, 15) is 4.39 Å². The lowest BCUT2D eigenvalue weighted by atomic mass is 10.2. The number of aromatic nitrogens is 1. The van der Waals surface area contributed by atoms with E-state index in [-0.39, 0.29) is 0 Å². The topological polar surface area (TPSA) is 12.9 Å². The van der Waals surface area contributed by atoms with Gasteiger partial charge in [0.1, 0.15) is 0 Å². The fourth-order valence-corrected chi connectivity index (χ4v) is 2.15. The van der Waals surface area contributed by atoms with E-state index >= 15 is 0 Å². The maximum atomic E-state index is 13.3. The Hall–Kier alpha value is -1.48. The van der Waals surface area contributed by atoms with Gasteiger partial charge in [0.2, 0.25) is 0 Å². The SMILES string of the molecule is C=CC(F)c1cc(-c2ccccn2)cs1. The van der Waals surface area contributed by atoms with Gasteiger partial charge in [-0.05, 0) is 18.2 Å². The highest BCUT2D eigenvalue weighted by molar-refractivity contribution is 7.10. The number of alkyl halides is 1. The minimum absolute atomic E-state index is 0.672. The predicted molar refractivity (Wildman–Crippen MR) is 61.6 cm³/mol. The molecule has 15 heavy (non-hydrogen) atoms. The van der Waals surface area contributed by atoms with Crippen LogP contribution in [0.4, 0.5) is 4.39 Å². The molecule has 76 valence electrons. The second-order valence-corrected chi connectivity index (χ2v) is 4.03. The van der Waals surface area contributed by atoms with Crippen LogP contribution in [-0.4, -0.2) is 4.98 Å². The molecule has 0 aliphatic heterocycles. The average Bonchev–Trinajstić information content (AvgIpc) is 2.78. The molecule has 0 aliphatic carbocycles. The molecule has 0 radical (unpaired) electrons. The molecule has 0 amide bonds. The van der Waals surface area contributed by atoms with Crippen LogP contribution in [0.2, 0.25) is 0 Å². The van der Waals surface area contributed by atoms with Crippen molar-refractivity contribution >= 4 is 11.3 Å². The summed E-state index contributed by atoms with van der Waals surface area (Å²) in [6, 6.07) is 7.50. The predicted octanol–water partition coefficient (Wildman–Crippen LogP) is 4.01. The van der Waals surface area contributed by atoms with Gasteiger partial charge in [0.15, 0.2) is 6.17 Å². The monoisotopic (exact) mass is 219 g/mol. The van der Waals surface area contributed by atoms with Crippen molar-refractivity contribution in [1.82, 2.24) is 4.98 Å². The van der Waals surface area contributed by atoms with Crippen LogP contribution < -0.4 is 0 Å². The van der Waals surface area contributed by atoms with Crippen molar-refractivity contribution in [1.29, 1.82) is 0 Å². The van der Waals surface area contributed by atoms with Gasteiger partial charge in [0.25, 0.3) is 0 Å². The summed E-state index contributed by atoms with van der Waals surface area (Å²) >= 11 is 1.39. The van der Waals surface area contributed by atoms with Crippen LogP contribution in [0.15, 0.2) is 48.5 Å². The van der Waals surface area contributed by atoms with Crippen molar-refractivity contribution in [2.24, 2.45) is 0 Å². The summed E-state index contributed by atoms with van der Waals surface area (Å²) < 4.78 is 13.3. The Morgan fingerprint density at radius 1 is 1.47 bits per heavy atom. The highest BCUT2D eigenvalue weighted by Crippen LogP contribution is 2.30. The minimum atomic E-state index is -1.08. The first-order valence-electron chi connectivity index (χ1n) is 4.57. The van der Waals surface area contributed by atoms with E-state index in [1.807, 2.05) is 29.6 Å². The van der Waals surface area contributed by atoms with Gasteiger partial charge in [0, 0.05) is 22.0 Å². The molecule has 2 aromatic heterocycles. The summed E-state index contributed by atoms with van der Waals surface area (Å²) in [4.78, 5) is 4.88. The number of pyridine rings is 1. The lowest BCUT2D eigenvalue weighted by molar-refractivity contribution is 0.421. The maximum Gasteiger partial charge on any atom is 0.152 e. The van der Waals surface area contributed by atoms with E-state index in [0.717, 1.165) is 11.3 Å². The third kappa shape index (κ3) is 2.13. The van der Waals surface area contributed by atoms with Gasteiger partial charge in [-0.2, -0.15) is 0 Å². The zero-order valence-electron chi connectivity index (χ0n) is 8.06. The summed E-state index contributed by atoms with van der Waals surface area (Å²) in [7, 11) is 0. The van der Waals surface area contributed by atoms with Crippen LogP contribution in [0.1, 0.15) is 11.0 Å². The number of hydrogen-bond acceptors (Lipinski definition) is 2. The summed E-state index contributed by atoms with van der Waals surface area (Å²) in [6.45, 7) is 3.44. The second kappa shape index (κ2) is 4.36. The number of nitrogens with zero attached hydrogens (tertiary/aromatic N) is 1. The normalized spacial score (nSPS) is 12.3. The van der Waals surface area contributed by atoms with Gasteiger partial charge in [-0.15, -0.1) is 11.3 Å². The molecule has 1 unspecified atom stereocenters. The zero-order chi connectivity index (χ0) is 10.7. The number of halogens is 1. The molecule has 0 spiro atoms. The standard InChI is InChI=1S/C12H10FNS/c1-2-10(13)12-7-9(8-15-12)11-5-3-4-6-14-11/h2-8,10H,1H2. The summed E-state index contributed by atoms with van der Waals surface area (Å²) in [5.41, 5.74) is 1.83. The summed E-state index contributed by atoms with van der Waals surface area (Å²) in [6.07, 6.45) is 1.95. The molecule has 1 nitrogen and oxygen atoms in total. The van der Waals surface area contributed by atoms with Crippen molar-refractivity contribution in [3.63, 3.8) is 0 Å². The molecular formula is C12H10FNS. The molecule has 2 aromatic rings. The van der Waals surface area contributed by atoms with E-state index < -0.39 is 6.17 Å². The van der Waals surface area contributed by atoms with E-state index in [0.29, 0.717) is 4.88 Å². The van der Waals surface area contributed by atoms with E-state index in [4.69, 9.17) is 0 Å². The molecular weight excluding hydrogens is 209 g/mol. The lowest BCUT2D eigenvalue weighted by Gasteiger charge is -1.96. The van der Waals surface area contributed by atoms with Crippen LogP contribution in [0.3, 0.4) is 0 Å². The van der Waals surface area contributed by atoms with Gasteiger partial charge in [-0.3, -0.25) is 4.98 Å². The van der Waals surface area contributed by atoms with Gasteiger partial charge >= 0.3 is 0 Å². The van der Waals surface area contributed by atoms with E-state index in [2.05, 4.69) is 11.6 Å². The van der Waals surface area contributed by atoms with Gasteiger partial charge in [-0.1, -0.05) is 18.7 Å². The Kier molecular flexibility index (Phi) is 2.92. The second-order valence-electron chi connectivity index (χ2n) is 3.09. The Morgan fingerprint density at radius 3 is 3.00 bits per heavy atom. The van der Waals surface area contributed by atoms with Gasteiger partial charge in [0.05, 0.1) is 5.69 Å². The highest BCUT2D eigenvalue weighted by Gasteiger charge is 2.09. The minimum Gasteiger partial charge on any atom is -0.256 e. The maximum absolute atomic E-state index is 13.3. The molecule has 0 aromatic carbocycles. The number of thiophene rings is 1. The fourth-order valence-electron chi connectivity index (χ4n) is 1.28. The first-order valence-corrected chi connectivity index (χ1v) is 5.45. The molecule has 3 heteroatoms. The van der Waals surface area contributed by atoms with Crippen molar-refractivity contribution in [2.75, 3.05) is 0 Å². The molecule has 0 aliphatic rings. The zero-order valence-corrected chi connectivity index (χ0v) is 8.88. The first-order chi connectivity index (χ1) is 7.31. The lowest BCUT2D eigenvalue weighted by Crippen LogP contribution is -1.80. The third-order valence-corrected chi connectivity index (χ3v) is 3.05. The first kappa shape index (κ1) is 10.1. The van der Waals surface area contributed by atoms with Gasteiger partial charge in [-0.25, -0.2) is 4.39 Å². The van der Waals surface area contributed by atoms with Crippen molar-refractivity contribution < 1.29 is 4.39 Å². The van der Waals surface area contributed by atoms with E-state index in [1.54, 1.807) is 6.20 Å². The fraction of sp³-hybridized carbons (Fsp3) is 0.0833. The molecule has 0 saturated heterocycles. The van der Waals surface area contributed by atoms with Crippen LogP contribution in [-0.2, 0) is 0 Å². The number of hydrogen-bond donors (Lipinski definition) is 0. The molecule has 2 heterocycles. The summed E-state index contributed by atoms with van der Waals surface area (Å²) in [5, 5.41) is 1.91. The Morgan fingerprint density at radius 2 is 2.33 bits per heavy atom. The summed E-state index contributed by atoms with van der Waals surface area (Å²) in [5.74, 6) is 0. The van der Waals surface area contributed by atoms with Crippen LogP contribution in [0, 0.1) is 0 Å². The molecule has 0 N–H and O–H groups in total. The molecule has 1 atom stereocenters. The average molecular weight is 219 g/mol. The highest BCUT2D eigenvalue weighted by atomic mass is 32.1. The van der Waals surface area contributed by atoms with Crippen LogP contribution >= 0.6 is 11.3 Å². The van der Waals surface area contributed by atoms with Crippen LogP contribution in [0.5, 0.6) is 0 Å². The molecule has 0 bridgehead atoms. The molecule has 0 fully saturated rings. The third-order valence-electron chi connectivity index (χ3n) is 2.06. The number of allylic oxidation sites excluding steroid dienone is 1. The Balaban J connectivity index is 2.32. The quantitative estimate of drug-likeness (QED) is 0.711. The van der Waals surface area contributed by atoms with Crippen molar-refractivity contribution in [3.05, 3.63) is 53.4 Å². The van der Waals surface area contributed by atoms with Crippen LogP contribution in [0.25, 0.3) is 11.3 Å². The smallest absolute Gasteiger partial charge is 0.152 e. The molecule has 0 saturated carbocycles. The Labute approximate surface area is 91.9 Å². The molecule has 2 rings (SSSR count). The largest absolute Gasteiger partial charge is 0.256 e. The van der Waals surface area contributed by atoms with Crippen molar-refractivity contribution in [3.8, 4) is 11.3 Å².